The van der Waals surface area contributed by atoms with Crippen LogP contribution in [0.1, 0.15) is 22.4 Å². The number of esters is 1. The molecule has 0 spiro atoms. The summed E-state index contributed by atoms with van der Waals surface area (Å²) in [6.45, 7) is 4.23. The van der Waals surface area contributed by atoms with Crippen molar-refractivity contribution in [3.8, 4) is 22.1 Å². The van der Waals surface area contributed by atoms with Crippen LogP contribution in [-0.4, -0.2) is 25.2 Å². The fourth-order valence-electron chi connectivity index (χ4n) is 2.84. The highest BCUT2D eigenvalue weighted by Crippen LogP contribution is 2.39. The minimum atomic E-state index is -0.267. The van der Waals surface area contributed by atoms with Crippen molar-refractivity contribution in [1.82, 2.24) is 4.98 Å². The van der Waals surface area contributed by atoms with Gasteiger partial charge in [-0.2, -0.15) is 0 Å². The second kappa shape index (κ2) is 8.89. The van der Waals surface area contributed by atoms with Crippen molar-refractivity contribution in [3.63, 3.8) is 0 Å². The number of carbonyl (C=O) groups is 1. The molecule has 3 aromatic rings. The predicted molar refractivity (Wildman–Crippen MR) is 110 cm³/mol. The Kier molecular flexibility index (Phi) is 6.31. The van der Waals surface area contributed by atoms with Crippen LogP contribution in [0.15, 0.2) is 41.8 Å². The molecule has 0 saturated carbocycles. The zero-order valence-corrected chi connectivity index (χ0v) is 17.3. The fraction of sp³-hybridized carbons (Fsp3) is 0.273. The third kappa shape index (κ3) is 4.51. The molecule has 6 heteroatoms. The van der Waals surface area contributed by atoms with Crippen molar-refractivity contribution < 1.29 is 19.0 Å². The van der Waals surface area contributed by atoms with Crippen LogP contribution in [0.3, 0.4) is 0 Å². The number of ether oxygens (including phenoxy) is 3. The fourth-order valence-corrected chi connectivity index (χ4v) is 3.66. The number of rotatable bonds is 7. The van der Waals surface area contributed by atoms with Crippen LogP contribution in [-0.2, 0) is 22.6 Å². The third-order valence-corrected chi connectivity index (χ3v) is 5.41. The van der Waals surface area contributed by atoms with Crippen molar-refractivity contribution in [2.75, 3.05) is 14.2 Å². The number of para-hydroxylation sites is 1. The van der Waals surface area contributed by atoms with Crippen LogP contribution < -0.4 is 9.47 Å². The zero-order valence-electron chi connectivity index (χ0n) is 16.4. The van der Waals surface area contributed by atoms with Crippen molar-refractivity contribution >= 4 is 17.3 Å². The number of methoxy groups -OCH3 is 2. The first-order chi connectivity index (χ1) is 13.5. The van der Waals surface area contributed by atoms with E-state index in [9.17, 15) is 4.79 Å². The number of nitrogens with zero attached hydrogens (tertiary/aromatic N) is 1. The Balaban J connectivity index is 1.65. The van der Waals surface area contributed by atoms with E-state index >= 15 is 0 Å². The summed E-state index contributed by atoms with van der Waals surface area (Å²) in [6.07, 6.45) is 0.252. The van der Waals surface area contributed by atoms with E-state index in [1.165, 1.54) is 22.5 Å². The highest BCUT2D eigenvalue weighted by atomic mass is 32.1. The summed E-state index contributed by atoms with van der Waals surface area (Å²) in [7, 11) is 3.20. The number of benzene rings is 2. The van der Waals surface area contributed by atoms with Gasteiger partial charge in [0.25, 0.3) is 0 Å². The Morgan fingerprint density at radius 1 is 1.07 bits per heavy atom. The van der Waals surface area contributed by atoms with Gasteiger partial charge in [0.05, 0.1) is 31.9 Å². The topological polar surface area (TPSA) is 57.7 Å². The molecule has 0 radical (unpaired) electrons. The summed E-state index contributed by atoms with van der Waals surface area (Å²) in [4.78, 5) is 16.7. The van der Waals surface area contributed by atoms with E-state index in [1.54, 1.807) is 14.2 Å². The Morgan fingerprint density at radius 3 is 2.61 bits per heavy atom. The highest BCUT2D eigenvalue weighted by molar-refractivity contribution is 7.13. The van der Waals surface area contributed by atoms with E-state index in [-0.39, 0.29) is 19.0 Å². The average molecular weight is 397 g/mol. The molecule has 0 unspecified atom stereocenters. The van der Waals surface area contributed by atoms with E-state index in [0.29, 0.717) is 17.2 Å². The molecular weight excluding hydrogens is 374 g/mol. The minimum absolute atomic E-state index is 0.145. The summed E-state index contributed by atoms with van der Waals surface area (Å²) < 4.78 is 16.2. The van der Waals surface area contributed by atoms with Gasteiger partial charge in [-0.3, -0.25) is 4.79 Å². The van der Waals surface area contributed by atoms with Crippen LogP contribution in [0.4, 0.5) is 0 Å². The molecule has 5 nitrogen and oxygen atoms in total. The Bertz CT molecular complexity index is 980. The molecule has 0 aliphatic carbocycles. The summed E-state index contributed by atoms with van der Waals surface area (Å²) >= 11 is 1.47. The number of thiazole rings is 1. The number of hydrogen-bond acceptors (Lipinski definition) is 6. The molecule has 1 heterocycles. The number of aromatic nitrogens is 1. The van der Waals surface area contributed by atoms with Crippen LogP contribution in [0, 0.1) is 13.8 Å². The van der Waals surface area contributed by atoms with Crippen molar-refractivity contribution in [2.24, 2.45) is 0 Å². The van der Waals surface area contributed by atoms with E-state index in [4.69, 9.17) is 14.2 Å². The van der Waals surface area contributed by atoms with Crippen molar-refractivity contribution in [3.05, 3.63) is 64.2 Å². The lowest BCUT2D eigenvalue weighted by atomic mass is 10.0. The largest absolute Gasteiger partial charge is 0.493 e. The molecule has 0 aliphatic heterocycles. The van der Waals surface area contributed by atoms with Gasteiger partial charge in [0, 0.05) is 5.38 Å². The smallest absolute Gasteiger partial charge is 0.310 e. The molecule has 146 valence electrons. The SMILES string of the molecule is COc1cccc(-c2nc(COC(=O)Cc3ccc(C)c(C)c3)cs2)c1OC. The lowest BCUT2D eigenvalue weighted by molar-refractivity contribution is -0.144. The van der Waals surface area contributed by atoms with Gasteiger partial charge in [-0.05, 0) is 42.7 Å². The van der Waals surface area contributed by atoms with Crippen molar-refractivity contribution in [1.29, 1.82) is 0 Å². The van der Waals surface area contributed by atoms with Gasteiger partial charge < -0.3 is 14.2 Å². The van der Waals surface area contributed by atoms with E-state index < -0.39 is 0 Å². The summed E-state index contributed by atoms with van der Waals surface area (Å²) in [5, 5.41) is 2.67. The summed E-state index contributed by atoms with van der Waals surface area (Å²) in [5.41, 5.74) is 4.88. The molecule has 0 amide bonds. The van der Waals surface area contributed by atoms with Gasteiger partial charge in [0.15, 0.2) is 11.5 Å². The Morgan fingerprint density at radius 2 is 1.89 bits per heavy atom. The monoisotopic (exact) mass is 397 g/mol. The van der Waals surface area contributed by atoms with Gasteiger partial charge in [0.1, 0.15) is 11.6 Å². The molecule has 0 bridgehead atoms. The molecule has 0 aliphatic rings. The normalized spacial score (nSPS) is 10.6. The van der Waals surface area contributed by atoms with Gasteiger partial charge in [-0.1, -0.05) is 24.3 Å². The zero-order chi connectivity index (χ0) is 20.1. The lowest BCUT2D eigenvalue weighted by Gasteiger charge is -2.10. The maximum absolute atomic E-state index is 12.2. The maximum Gasteiger partial charge on any atom is 0.310 e. The minimum Gasteiger partial charge on any atom is -0.493 e. The Labute approximate surface area is 168 Å². The predicted octanol–water partition coefficient (Wildman–Crippen LogP) is 4.73. The quantitative estimate of drug-likeness (QED) is 0.540. The molecular formula is C22H23NO4S. The first kappa shape index (κ1) is 19.9. The van der Waals surface area contributed by atoms with Crippen LogP contribution in [0.2, 0.25) is 0 Å². The van der Waals surface area contributed by atoms with Crippen LogP contribution in [0.25, 0.3) is 10.6 Å². The molecule has 0 fully saturated rings. The molecule has 1 aromatic heterocycles. The van der Waals surface area contributed by atoms with Gasteiger partial charge in [0.2, 0.25) is 0 Å². The standard InChI is InChI=1S/C22H23NO4S/c1-14-8-9-16(10-15(14)2)11-20(24)27-12-17-13-28-22(23-17)18-6-5-7-19(25-3)21(18)26-4/h5-10,13H,11-12H2,1-4H3. The summed E-state index contributed by atoms with van der Waals surface area (Å²) in [6, 6.07) is 11.7. The molecule has 0 N–H and O–H groups in total. The molecule has 3 rings (SSSR count). The van der Waals surface area contributed by atoms with E-state index in [1.807, 2.05) is 48.7 Å². The molecule has 28 heavy (non-hydrogen) atoms. The summed E-state index contributed by atoms with van der Waals surface area (Å²) in [5.74, 6) is 1.02. The Hall–Kier alpha value is -2.86. The highest BCUT2D eigenvalue weighted by Gasteiger charge is 2.15. The van der Waals surface area contributed by atoms with Crippen LogP contribution >= 0.6 is 11.3 Å². The first-order valence-corrected chi connectivity index (χ1v) is 9.77. The molecule has 0 saturated heterocycles. The van der Waals surface area contributed by atoms with E-state index in [2.05, 4.69) is 11.9 Å². The third-order valence-electron chi connectivity index (χ3n) is 4.49. The molecule has 0 atom stereocenters. The molecule has 2 aromatic carbocycles. The van der Waals surface area contributed by atoms with Crippen molar-refractivity contribution in [2.45, 2.75) is 26.9 Å². The second-order valence-electron chi connectivity index (χ2n) is 6.44. The number of aryl methyl sites for hydroxylation is 2. The lowest BCUT2D eigenvalue weighted by Crippen LogP contribution is -2.08. The first-order valence-electron chi connectivity index (χ1n) is 8.89. The van der Waals surface area contributed by atoms with Gasteiger partial charge in [-0.15, -0.1) is 11.3 Å². The average Bonchev–Trinajstić information content (AvgIpc) is 3.17. The van der Waals surface area contributed by atoms with Gasteiger partial charge >= 0.3 is 5.97 Å². The van der Waals surface area contributed by atoms with Gasteiger partial charge in [-0.25, -0.2) is 4.98 Å². The maximum atomic E-state index is 12.2. The number of carbonyl (C=O) groups excluding carboxylic acids is 1. The van der Waals surface area contributed by atoms with Crippen LogP contribution in [0.5, 0.6) is 11.5 Å². The second-order valence-corrected chi connectivity index (χ2v) is 7.30. The van der Waals surface area contributed by atoms with E-state index in [0.717, 1.165) is 16.1 Å². The number of hydrogen-bond donors (Lipinski definition) is 0.